The third-order valence-corrected chi connectivity index (χ3v) is 4.39. The summed E-state index contributed by atoms with van der Waals surface area (Å²) in [6, 6.07) is 1.94. The van der Waals surface area contributed by atoms with Crippen molar-refractivity contribution < 1.29 is 9.59 Å². The van der Waals surface area contributed by atoms with Gasteiger partial charge in [-0.05, 0) is 24.5 Å². The lowest BCUT2D eigenvalue weighted by Crippen LogP contribution is -2.27. The zero-order valence-corrected chi connectivity index (χ0v) is 11.2. The van der Waals surface area contributed by atoms with Crippen molar-refractivity contribution in [2.75, 3.05) is 12.4 Å². The molecule has 1 aromatic rings. The van der Waals surface area contributed by atoms with Crippen molar-refractivity contribution >= 4 is 34.6 Å². The van der Waals surface area contributed by atoms with Crippen LogP contribution in [0.4, 0.5) is 0 Å². The van der Waals surface area contributed by atoms with Gasteiger partial charge in [0.05, 0.1) is 17.3 Å². The number of rotatable bonds is 2. The first kappa shape index (κ1) is 12.6. The van der Waals surface area contributed by atoms with Gasteiger partial charge in [-0.2, -0.15) is 0 Å². The van der Waals surface area contributed by atoms with E-state index in [9.17, 15) is 9.59 Å². The second kappa shape index (κ2) is 5.19. The molecule has 1 amide bonds. The third kappa shape index (κ3) is 2.69. The van der Waals surface area contributed by atoms with Crippen molar-refractivity contribution in [3.8, 4) is 0 Å². The number of aryl methyl sites for hydroxylation is 1. The lowest BCUT2D eigenvalue weighted by atomic mass is 10.1. The molecule has 5 heteroatoms. The van der Waals surface area contributed by atoms with Crippen molar-refractivity contribution in [1.29, 1.82) is 0 Å². The van der Waals surface area contributed by atoms with E-state index in [0.29, 0.717) is 6.54 Å². The Morgan fingerprint density at radius 3 is 2.94 bits per heavy atom. The van der Waals surface area contributed by atoms with Crippen LogP contribution in [-0.4, -0.2) is 29.0 Å². The highest BCUT2D eigenvalue weighted by atomic mass is 35.5. The molecule has 0 N–H and O–H groups in total. The van der Waals surface area contributed by atoms with Crippen molar-refractivity contribution in [3.05, 3.63) is 21.4 Å². The fraction of sp³-hybridized carbons (Fsp3) is 0.500. The van der Waals surface area contributed by atoms with Gasteiger partial charge in [-0.3, -0.25) is 9.59 Å². The summed E-state index contributed by atoms with van der Waals surface area (Å²) >= 11 is 7.03. The molecule has 1 aliphatic heterocycles. The number of carbonyl (C=O) groups excluding carboxylic acids is 2. The SMILES string of the molecule is CC(=O)N1CCCc2cc(C(=O)CCl)sc2C1. The molecule has 92 valence electrons. The number of ketones is 1. The lowest BCUT2D eigenvalue weighted by molar-refractivity contribution is -0.129. The Balaban J connectivity index is 2.26. The first-order chi connectivity index (χ1) is 8.11. The maximum Gasteiger partial charge on any atom is 0.219 e. The van der Waals surface area contributed by atoms with Crippen LogP contribution in [0.15, 0.2) is 6.07 Å². The Morgan fingerprint density at radius 2 is 2.29 bits per heavy atom. The highest BCUT2D eigenvalue weighted by Gasteiger charge is 2.20. The first-order valence-corrected chi connectivity index (χ1v) is 6.93. The molecule has 0 aliphatic carbocycles. The number of halogens is 1. The van der Waals surface area contributed by atoms with Gasteiger partial charge in [0.2, 0.25) is 5.91 Å². The number of amides is 1. The van der Waals surface area contributed by atoms with E-state index in [1.54, 1.807) is 6.92 Å². The Bertz CT molecular complexity index is 455. The Hall–Kier alpha value is -0.870. The molecule has 2 rings (SSSR count). The highest BCUT2D eigenvalue weighted by Crippen LogP contribution is 2.28. The summed E-state index contributed by atoms with van der Waals surface area (Å²) in [6.07, 6.45) is 1.89. The number of hydrogen-bond acceptors (Lipinski definition) is 3. The van der Waals surface area contributed by atoms with Gasteiger partial charge in [-0.15, -0.1) is 22.9 Å². The number of carbonyl (C=O) groups is 2. The predicted molar refractivity (Wildman–Crippen MR) is 68.8 cm³/mol. The van der Waals surface area contributed by atoms with Gasteiger partial charge >= 0.3 is 0 Å². The van der Waals surface area contributed by atoms with Gasteiger partial charge < -0.3 is 4.90 Å². The van der Waals surface area contributed by atoms with Crippen LogP contribution in [0.1, 0.15) is 33.5 Å². The molecule has 1 aromatic heterocycles. The summed E-state index contributed by atoms with van der Waals surface area (Å²) in [7, 11) is 0. The Labute approximate surface area is 109 Å². The van der Waals surface area contributed by atoms with E-state index >= 15 is 0 Å². The number of alkyl halides is 1. The van der Waals surface area contributed by atoms with E-state index in [-0.39, 0.29) is 17.6 Å². The monoisotopic (exact) mass is 271 g/mol. The molecular weight excluding hydrogens is 258 g/mol. The average Bonchev–Trinajstić information content (AvgIpc) is 2.60. The van der Waals surface area contributed by atoms with Crippen molar-refractivity contribution in [1.82, 2.24) is 4.90 Å². The van der Waals surface area contributed by atoms with E-state index in [0.717, 1.165) is 29.1 Å². The number of hydrogen-bond donors (Lipinski definition) is 0. The number of nitrogens with zero attached hydrogens (tertiary/aromatic N) is 1. The first-order valence-electron chi connectivity index (χ1n) is 5.58. The molecule has 17 heavy (non-hydrogen) atoms. The van der Waals surface area contributed by atoms with Crippen LogP contribution < -0.4 is 0 Å². The van der Waals surface area contributed by atoms with Crippen LogP contribution in [0.3, 0.4) is 0 Å². The average molecular weight is 272 g/mol. The topological polar surface area (TPSA) is 37.4 Å². The fourth-order valence-electron chi connectivity index (χ4n) is 2.00. The van der Waals surface area contributed by atoms with E-state index in [1.807, 2.05) is 11.0 Å². The van der Waals surface area contributed by atoms with Gasteiger partial charge in [0.25, 0.3) is 0 Å². The number of Topliss-reactive ketones (excluding diaryl/α,β-unsaturated/α-hetero) is 1. The molecule has 0 unspecified atom stereocenters. The van der Waals surface area contributed by atoms with Gasteiger partial charge in [0, 0.05) is 18.3 Å². The minimum absolute atomic E-state index is 0.0236. The summed E-state index contributed by atoms with van der Waals surface area (Å²) in [4.78, 5) is 26.6. The molecule has 1 aliphatic rings. The van der Waals surface area contributed by atoms with Crippen LogP contribution in [0.25, 0.3) is 0 Å². The summed E-state index contributed by atoms with van der Waals surface area (Å²) in [6.45, 7) is 3.02. The maximum atomic E-state index is 11.5. The summed E-state index contributed by atoms with van der Waals surface area (Å²) in [5.41, 5.74) is 1.20. The molecule has 2 heterocycles. The predicted octanol–water partition coefficient (Wildman–Crippen LogP) is 2.46. The zero-order chi connectivity index (χ0) is 12.4. The molecule has 0 bridgehead atoms. The minimum Gasteiger partial charge on any atom is -0.338 e. The number of thiophene rings is 1. The zero-order valence-electron chi connectivity index (χ0n) is 9.66. The van der Waals surface area contributed by atoms with Gasteiger partial charge in [0.15, 0.2) is 5.78 Å². The summed E-state index contributed by atoms with van der Waals surface area (Å²) in [5, 5.41) is 0. The van der Waals surface area contributed by atoms with Gasteiger partial charge in [-0.1, -0.05) is 0 Å². The molecule has 0 radical (unpaired) electrons. The second-order valence-corrected chi connectivity index (χ2v) is 5.56. The minimum atomic E-state index is -0.0286. The van der Waals surface area contributed by atoms with Crippen LogP contribution in [0.2, 0.25) is 0 Å². The van der Waals surface area contributed by atoms with Gasteiger partial charge in [-0.25, -0.2) is 0 Å². The molecule has 3 nitrogen and oxygen atoms in total. The molecule has 0 saturated heterocycles. The van der Waals surface area contributed by atoms with Crippen LogP contribution in [0.5, 0.6) is 0 Å². The third-order valence-electron chi connectivity index (χ3n) is 2.95. The maximum absolute atomic E-state index is 11.5. The Kier molecular flexibility index (Phi) is 3.84. The normalized spacial score (nSPS) is 15.3. The van der Waals surface area contributed by atoms with E-state index in [1.165, 1.54) is 16.9 Å². The van der Waals surface area contributed by atoms with Crippen LogP contribution in [-0.2, 0) is 17.8 Å². The fourth-order valence-corrected chi connectivity index (χ4v) is 3.39. The van der Waals surface area contributed by atoms with Crippen molar-refractivity contribution in [2.45, 2.75) is 26.3 Å². The Morgan fingerprint density at radius 1 is 1.53 bits per heavy atom. The molecule has 0 spiro atoms. The second-order valence-electron chi connectivity index (χ2n) is 4.16. The molecule has 0 saturated carbocycles. The smallest absolute Gasteiger partial charge is 0.219 e. The standard InChI is InChI=1S/C12H14ClNO2S/c1-8(15)14-4-2-3-9-5-11(10(16)6-13)17-12(9)7-14/h5H,2-4,6-7H2,1H3. The van der Waals surface area contributed by atoms with Crippen molar-refractivity contribution in [3.63, 3.8) is 0 Å². The summed E-state index contributed by atoms with van der Waals surface area (Å²) in [5.74, 6) is 0.0890. The van der Waals surface area contributed by atoms with Crippen LogP contribution >= 0.6 is 22.9 Å². The molecule has 0 fully saturated rings. The van der Waals surface area contributed by atoms with E-state index in [4.69, 9.17) is 11.6 Å². The van der Waals surface area contributed by atoms with Crippen LogP contribution in [0, 0.1) is 0 Å². The summed E-state index contributed by atoms with van der Waals surface area (Å²) < 4.78 is 0. The van der Waals surface area contributed by atoms with Gasteiger partial charge in [0.1, 0.15) is 0 Å². The molecular formula is C12H14ClNO2S. The largest absolute Gasteiger partial charge is 0.338 e. The lowest BCUT2D eigenvalue weighted by Gasteiger charge is -2.17. The number of fused-ring (bicyclic) bond motifs is 1. The molecule has 0 atom stereocenters. The van der Waals surface area contributed by atoms with Crippen molar-refractivity contribution in [2.24, 2.45) is 0 Å². The highest BCUT2D eigenvalue weighted by molar-refractivity contribution is 7.14. The van der Waals surface area contributed by atoms with E-state index < -0.39 is 0 Å². The quantitative estimate of drug-likeness (QED) is 0.612. The van der Waals surface area contributed by atoms with E-state index in [2.05, 4.69) is 0 Å². The molecule has 0 aromatic carbocycles.